The van der Waals surface area contributed by atoms with Gasteiger partial charge in [-0.2, -0.15) is 0 Å². The van der Waals surface area contributed by atoms with Gasteiger partial charge in [-0.05, 0) is 42.0 Å². The minimum Gasteiger partial charge on any atom is -0.411 e. The first-order chi connectivity index (χ1) is 15.7. The summed E-state index contributed by atoms with van der Waals surface area (Å²) in [5, 5.41) is 18.1. The molecule has 3 aromatic carbocycles. The molecule has 7 nitrogen and oxygen atoms in total. The topological polar surface area (TPSA) is 85.8 Å². The van der Waals surface area contributed by atoms with Crippen LogP contribution in [0.15, 0.2) is 88.6 Å². The van der Waals surface area contributed by atoms with Crippen molar-refractivity contribution >= 4 is 34.3 Å². The molecular formula is C24H19N5O2S. The van der Waals surface area contributed by atoms with Gasteiger partial charge in [-0.1, -0.05) is 60.3 Å². The van der Waals surface area contributed by atoms with Crippen LogP contribution in [-0.4, -0.2) is 31.6 Å². The number of carbonyl (C=O) groups is 1. The molecule has 2 aromatic heterocycles. The van der Waals surface area contributed by atoms with Gasteiger partial charge in [0, 0.05) is 17.3 Å². The van der Waals surface area contributed by atoms with Crippen molar-refractivity contribution in [2.45, 2.75) is 12.1 Å². The average molecular weight is 442 g/mol. The Morgan fingerprint density at radius 1 is 1.00 bits per heavy atom. The Morgan fingerprint density at radius 3 is 2.62 bits per heavy atom. The fraction of sp³-hybridized carbons (Fsp3) is 0.0833. The molecule has 0 fully saturated rings. The monoisotopic (exact) mass is 441 g/mol. The predicted molar refractivity (Wildman–Crippen MR) is 125 cm³/mol. The second kappa shape index (κ2) is 8.68. The van der Waals surface area contributed by atoms with Gasteiger partial charge in [-0.25, -0.2) is 4.68 Å². The Balaban J connectivity index is 1.22. The molecular weight excluding hydrogens is 422 g/mol. The van der Waals surface area contributed by atoms with Crippen LogP contribution in [0.1, 0.15) is 5.56 Å². The van der Waals surface area contributed by atoms with Crippen LogP contribution in [-0.2, 0) is 4.79 Å². The third kappa shape index (κ3) is 4.26. The van der Waals surface area contributed by atoms with Crippen molar-refractivity contribution in [3.05, 3.63) is 84.6 Å². The summed E-state index contributed by atoms with van der Waals surface area (Å²) in [6, 6.07) is 23.8. The summed E-state index contributed by atoms with van der Waals surface area (Å²) in [5.74, 6) is 0.900. The Bertz CT molecular complexity index is 1390. The Morgan fingerprint density at radius 2 is 1.78 bits per heavy atom. The fourth-order valence-corrected chi connectivity index (χ4v) is 3.86. The number of aromatic nitrogens is 4. The highest BCUT2D eigenvalue weighted by molar-refractivity contribution is 7.99. The van der Waals surface area contributed by atoms with Gasteiger partial charge in [-0.15, -0.1) is 15.3 Å². The summed E-state index contributed by atoms with van der Waals surface area (Å²) in [6.07, 6.45) is 1.88. The number of benzene rings is 3. The van der Waals surface area contributed by atoms with Crippen LogP contribution in [0.25, 0.3) is 27.9 Å². The lowest BCUT2D eigenvalue weighted by atomic mass is 10.1. The van der Waals surface area contributed by atoms with Crippen LogP contribution in [0.4, 0.5) is 5.82 Å². The van der Waals surface area contributed by atoms with Crippen LogP contribution >= 0.6 is 11.8 Å². The molecule has 0 aliphatic carbocycles. The Hall–Kier alpha value is -3.91. The minimum atomic E-state index is -0.193. The number of amides is 1. The van der Waals surface area contributed by atoms with Gasteiger partial charge in [0.05, 0.1) is 11.4 Å². The number of carbonyl (C=O) groups excluding carboxylic acids is 1. The first-order valence-corrected chi connectivity index (χ1v) is 11.0. The number of hydrogen-bond donors (Lipinski definition) is 1. The zero-order valence-corrected chi connectivity index (χ0v) is 18.0. The zero-order chi connectivity index (χ0) is 21.9. The van der Waals surface area contributed by atoms with Crippen LogP contribution in [0.3, 0.4) is 0 Å². The van der Waals surface area contributed by atoms with E-state index in [4.69, 9.17) is 4.42 Å². The highest BCUT2D eigenvalue weighted by Gasteiger charge is 2.14. The Labute approximate surface area is 188 Å². The minimum absolute atomic E-state index is 0.136. The molecule has 0 aliphatic heterocycles. The molecule has 32 heavy (non-hydrogen) atoms. The van der Waals surface area contributed by atoms with Crippen LogP contribution in [0, 0.1) is 6.92 Å². The van der Waals surface area contributed by atoms with Crippen LogP contribution < -0.4 is 5.32 Å². The van der Waals surface area contributed by atoms with Crippen molar-refractivity contribution in [3.8, 4) is 17.1 Å². The van der Waals surface area contributed by atoms with E-state index in [1.807, 2.05) is 79.9 Å². The third-order valence-electron chi connectivity index (χ3n) is 4.91. The maximum Gasteiger partial charge on any atom is 0.277 e. The first kappa shape index (κ1) is 20.0. The number of rotatable bonds is 6. The number of nitrogens with one attached hydrogen (secondary N) is 1. The lowest BCUT2D eigenvalue weighted by Gasteiger charge is -2.02. The van der Waals surface area contributed by atoms with Crippen molar-refractivity contribution in [2.75, 3.05) is 11.1 Å². The maximum absolute atomic E-state index is 12.4. The number of nitrogens with zero attached hydrogens (tertiary/aromatic N) is 4. The van der Waals surface area contributed by atoms with Gasteiger partial charge in [0.2, 0.25) is 11.8 Å². The molecule has 158 valence electrons. The molecule has 0 unspecified atom stereocenters. The zero-order valence-electron chi connectivity index (χ0n) is 17.2. The normalized spacial score (nSPS) is 11.0. The third-order valence-corrected chi connectivity index (χ3v) is 5.72. The second-order valence-electron chi connectivity index (χ2n) is 7.21. The van der Waals surface area contributed by atoms with Gasteiger partial charge in [-0.3, -0.25) is 4.79 Å². The van der Waals surface area contributed by atoms with E-state index in [9.17, 15) is 4.79 Å². The van der Waals surface area contributed by atoms with Gasteiger partial charge < -0.3 is 9.73 Å². The number of thioether (sulfide) groups is 1. The Kier molecular flexibility index (Phi) is 5.43. The van der Waals surface area contributed by atoms with E-state index in [-0.39, 0.29) is 11.7 Å². The molecule has 0 saturated heterocycles. The molecule has 0 bridgehead atoms. The van der Waals surface area contributed by atoms with Gasteiger partial charge in [0.15, 0.2) is 5.82 Å². The first-order valence-electron chi connectivity index (χ1n) is 10.0. The summed E-state index contributed by atoms with van der Waals surface area (Å²) in [5.41, 5.74) is 2.65. The van der Waals surface area contributed by atoms with Crippen molar-refractivity contribution in [1.82, 2.24) is 20.0 Å². The SMILES string of the molecule is Cc1cn(-c2ccccc2)nc1NC(=O)CSc1nnc(-c2ccc3ccccc3c2)o1. The van der Waals surface area contributed by atoms with E-state index in [1.165, 1.54) is 11.8 Å². The smallest absolute Gasteiger partial charge is 0.277 e. The molecule has 5 aromatic rings. The van der Waals surface area contributed by atoms with Gasteiger partial charge >= 0.3 is 0 Å². The highest BCUT2D eigenvalue weighted by Crippen LogP contribution is 2.26. The van der Waals surface area contributed by atoms with Crippen molar-refractivity contribution in [2.24, 2.45) is 0 Å². The van der Waals surface area contributed by atoms with E-state index in [1.54, 1.807) is 4.68 Å². The number of fused-ring (bicyclic) bond motifs is 1. The summed E-state index contributed by atoms with van der Waals surface area (Å²) in [7, 11) is 0. The molecule has 2 heterocycles. The van der Waals surface area contributed by atoms with E-state index in [2.05, 4.69) is 26.7 Å². The quantitative estimate of drug-likeness (QED) is 0.368. The maximum atomic E-state index is 12.4. The second-order valence-corrected chi connectivity index (χ2v) is 8.14. The van der Waals surface area contributed by atoms with E-state index in [0.29, 0.717) is 16.9 Å². The van der Waals surface area contributed by atoms with Gasteiger partial charge in [0.1, 0.15) is 0 Å². The van der Waals surface area contributed by atoms with E-state index < -0.39 is 0 Å². The molecule has 0 spiro atoms. The molecule has 8 heteroatoms. The van der Waals surface area contributed by atoms with Crippen molar-refractivity contribution < 1.29 is 9.21 Å². The molecule has 0 atom stereocenters. The number of para-hydroxylation sites is 1. The number of aryl methyl sites for hydroxylation is 1. The molecule has 1 N–H and O–H groups in total. The van der Waals surface area contributed by atoms with Gasteiger partial charge in [0.25, 0.3) is 5.22 Å². The average Bonchev–Trinajstić information content (AvgIpc) is 3.45. The molecule has 0 saturated carbocycles. The van der Waals surface area contributed by atoms with E-state index in [0.717, 1.165) is 27.6 Å². The summed E-state index contributed by atoms with van der Waals surface area (Å²) >= 11 is 1.19. The lowest BCUT2D eigenvalue weighted by Crippen LogP contribution is -2.15. The van der Waals surface area contributed by atoms with E-state index >= 15 is 0 Å². The summed E-state index contributed by atoms with van der Waals surface area (Å²) in [4.78, 5) is 12.4. The standard InChI is InChI=1S/C24H19N5O2S/c1-16-14-29(20-9-3-2-4-10-20)28-22(16)25-21(30)15-32-24-27-26-23(31-24)19-12-11-17-7-5-6-8-18(17)13-19/h2-14H,15H2,1H3,(H,25,28,30). The van der Waals surface area contributed by atoms with Crippen LogP contribution in [0.2, 0.25) is 0 Å². The molecule has 0 aliphatic rings. The number of anilines is 1. The number of hydrogen-bond acceptors (Lipinski definition) is 6. The molecule has 5 rings (SSSR count). The predicted octanol–water partition coefficient (Wildman–Crippen LogP) is 5.11. The van der Waals surface area contributed by atoms with Crippen molar-refractivity contribution in [1.29, 1.82) is 0 Å². The van der Waals surface area contributed by atoms with Crippen molar-refractivity contribution in [3.63, 3.8) is 0 Å². The highest BCUT2D eigenvalue weighted by atomic mass is 32.2. The fourth-order valence-electron chi connectivity index (χ4n) is 3.30. The largest absolute Gasteiger partial charge is 0.411 e. The molecule has 0 radical (unpaired) electrons. The summed E-state index contributed by atoms with van der Waals surface area (Å²) < 4.78 is 7.49. The molecule has 1 amide bonds. The van der Waals surface area contributed by atoms with Crippen LogP contribution in [0.5, 0.6) is 0 Å². The summed E-state index contributed by atoms with van der Waals surface area (Å²) in [6.45, 7) is 1.91. The lowest BCUT2D eigenvalue weighted by molar-refractivity contribution is -0.113.